The third-order valence-electron chi connectivity index (χ3n) is 3.38. The van der Waals surface area contributed by atoms with Crippen LogP contribution in [0, 0.1) is 0 Å². The largest absolute Gasteiger partial charge is 0.379 e. The molecule has 1 saturated heterocycles. The summed E-state index contributed by atoms with van der Waals surface area (Å²) in [6.45, 7) is 11.1. The van der Waals surface area contributed by atoms with Crippen LogP contribution in [-0.2, 0) is 14.3 Å². The van der Waals surface area contributed by atoms with Crippen LogP contribution < -0.4 is 10.6 Å². The van der Waals surface area contributed by atoms with Gasteiger partial charge in [0.25, 0.3) is 0 Å². The highest BCUT2D eigenvalue weighted by molar-refractivity contribution is 5.86. The fourth-order valence-corrected chi connectivity index (χ4v) is 2.11. The van der Waals surface area contributed by atoms with Crippen LogP contribution in [-0.4, -0.2) is 61.1 Å². The summed E-state index contributed by atoms with van der Waals surface area (Å²) < 4.78 is 5.33. The Kier molecular flexibility index (Phi) is 5.75. The first-order valence-corrected chi connectivity index (χ1v) is 6.70. The summed E-state index contributed by atoms with van der Waals surface area (Å²) in [4.78, 5) is 25.0. The predicted octanol–water partition coefficient (Wildman–Crippen LogP) is -0.262. The minimum Gasteiger partial charge on any atom is -0.379 e. The van der Waals surface area contributed by atoms with Crippen molar-refractivity contribution in [2.24, 2.45) is 0 Å². The van der Waals surface area contributed by atoms with Gasteiger partial charge in [-0.25, -0.2) is 0 Å². The predicted molar refractivity (Wildman–Crippen MR) is 72.8 cm³/mol. The molecule has 1 aliphatic rings. The van der Waals surface area contributed by atoms with Gasteiger partial charge in [0.1, 0.15) is 6.04 Å². The van der Waals surface area contributed by atoms with Crippen molar-refractivity contribution in [3.8, 4) is 0 Å². The monoisotopic (exact) mass is 271 g/mol. The van der Waals surface area contributed by atoms with Crippen LogP contribution in [0.15, 0.2) is 0 Å². The highest BCUT2D eigenvalue weighted by Crippen LogP contribution is 2.15. The Morgan fingerprint density at radius 2 is 1.89 bits per heavy atom. The minimum atomic E-state index is -0.502. The molecule has 0 aromatic rings. The molecule has 1 rings (SSSR count). The number of nitrogens with one attached hydrogen (secondary N) is 2. The zero-order valence-electron chi connectivity index (χ0n) is 12.3. The van der Waals surface area contributed by atoms with E-state index in [0.717, 1.165) is 26.3 Å². The van der Waals surface area contributed by atoms with E-state index in [1.807, 2.05) is 0 Å². The number of morpholine rings is 1. The van der Waals surface area contributed by atoms with E-state index in [4.69, 9.17) is 4.74 Å². The van der Waals surface area contributed by atoms with Gasteiger partial charge < -0.3 is 15.4 Å². The molecular weight excluding hydrogens is 246 g/mol. The molecule has 110 valence electrons. The molecule has 2 N–H and O–H groups in total. The molecule has 0 aliphatic carbocycles. The lowest BCUT2D eigenvalue weighted by Crippen LogP contribution is -2.57. The Labute approximate surface area is 114 Å². The van der Waals surface area contributed by atoms with Crippen LogP contribution in [0.3, 0.4) is 0 Å². The quantitative estimate of drug-likeness (QED) is 0.722. The molecule has 0 saturated carbocycles. The summed E-state index contributed by atoms with van der Waals surface area (Å²) in [6.07, 6.45) is 0. The smallest absolute Gasteiger partial charge is 0.242 e. The van der Waals surface area contributed by atoms with E-state index in [2.05, 4.69) is 29.4 Å². The van der Waals surface area contributed by atoms with Crippen LogP contribution in [0.2, 0.25) is 0 Å². The number of amides is 2. The van der Waals surface area contributed by atoms with Gasteiger partial charge in [-0.3, -0.25) is 14.5 Å². The van der Waals surface area contributed by atoms with Crippen LogP contribution in [0.1, 0.15) is 27.7 Å². The van der Waals surface area contributed by atoms with Crippen molar-refractivity contribution in [2.45, 2.75) is 39.3 Å². The van der Waals surface area contributed by atoms with Gasteiger partial charge in [-0.05, 0) is 20.8 Å². The molecule has 6 heteroatoms. The molecule has 19 heavy (non-hydrogen) atoms. The molecule has 1 aliphatic heterocycles. The molecule has 6 nitrogen and oxygen atoms in total. The van der Waals surface area contributed by atoms with Crippen molar-refractivity contribution < 1.29 is 14.3 Å². The van der Waals surface area contributed by atoms with Gasteiger partial charge in [0.2, 0.25) is 11.8 Å². The van der Waals surface area contributed by atoms with E-state index >= 15 is 0 Å². The lowest BCUT2D eigenvalue weighted by molar-refractivity contribution is -0.128. The summed E-state index contributed by atoms with van der Waals surface area (Å²) in [6, 6.07) is -0.502. The van der Waals surface area contributed by atoms with Crippen LogP contribution in [0.25, 0.3) is 0 Å². The van der Waals surface area contributed by atoms with Gasteiger partial charge in [-0.1, -0.05) is 0 Å². The number of nitrogens with zero attached hydrogens (tertiary/aromatic N) is 1. The van der Waals surface area contributed by atoms with Gasteiger partial charge in [0.15, 0.2) is 0 Å². The van der Waals surface area contributed by atoms with E-state index in [9.17, 15) is 9.59 Å². The maximum absolute atomic E-state index is 11.8. The van der Waals surface area contributed by atoms with Gasteiger partial charge in [0.05, 0.1) is 13.2 Å². The summed E-state index contributed by atoms with van der Waals surface area (Å²) >= 11 is 0. The second kappa shape index (κ2) is 6.86. The Hall–Kier alpha value is -1.14. The molecule has 0 bridgehead atoms. The van der Waals surface area contributed by atoms with Crippen LogP contribution in [0.5, 0.6) is 0 Å². The molecule has 0 aromatic heterocycles. The molecule has 2 amide bonds. The first kappa shape index (κ1) is 15.9. The molecule has 1 atom stereocenters. The molecule has 0 aromatic carbocycles. The highest BCUT2D eigenvalue weighted by Gasteiger charge is 2.29. The lowest BCUT2D eigenvalue weighted by atomic mass is 10.0. The maximum atomic E-state index is 11.8. The van der Waals surface area contributed by atoms with E-state index in [1.54, 1.807) is 6.92 Å². The van der Waals surface area contributed by atoms with Crippen molar-refractivity contribution in [3.63, 3.8) is 0 Å². The normalized spacial score (nSPS) is 18.7. The Bertz CT molecular complexity index is 325. The van der Waals surface area contributed by atoms with Crippen LogP contribution in [0.4, 0.5) is 0 Å². The fourth-order valence-electron chi connectivity index (χ4n) is 2.11. The standard InChI is InChI=1S/C13H25N3O3/c1-10(15-11(2)17)12(18)14-9-13(3,4)16-5-7-19-8-6-16/h10H,5-9H2,1-4H3,(H,14,18)(H,15,17). The van der Waals surface area contributed by atoms with Crippen molar-refractivity contribution in [3.05, 3.63) is 0 Å². The molecule has 1 heterocycles. The number of hydrogen-bond acceptors (Lipinski definition) is 4. The number of rotatable bonds is 5. The van der Waals surface area contributed by atoms with Gasteiger partial charge in [-0.2, -0.15) is 0 Å². The molecule has 1 unspecified atom stereocenters. The topological polar surface area (TPSA) is 70.7 Å². The van der Waals surface area contributed by atoms with Crippen molar-refractivity contribution in [2.75, 3.05) is 32.8 Å². The second-order valence-electron chi connectivity index (χ2n) is 5.55. The van der Waals surface area contributed by atoms with Gasteiger partial charge in [0, 0.05) is 32.1 Å². The first-order chi connectivity index (χ1) is 8.83. The molecule has 0 spiro atoms. The second-order valence-corrected chi connectivity index (χ2v) is 5.55. The lowest BCUT2D eigenvalue weighted by Gasteiger charge is -2.41. The summed E-state index contributed by atoms with van der Waals surface area (Å²) in [5.74, 6) is -0.355. The van der Waals surface area contributed by atoms with Gasteiger partial charge in [-0.15, -0.1) is 0 Å². The van der Waals surface area contributed by atoms with Crippen LogP contribution >= 0.6 is 0 Å². The summed E-state index contributed by atoms with van der Waals surface area (Å²) in [5, 5.41) is 5.46. The SMILES string of the molecule is CC(=O)NC(C)C(=O)NCC(C)(C)N1CCOCC1. The minimum absolute atomic E-state index is 0.116. The first-order valence-electron chi connectivity index (χ1n) is 6.70. The van der Waals surface area contributed by atoms with E-state index in [0.29, 0.717) is 6.54 Å². The third-order valence-corrected chi connectivity index (χ3v) is 3.38. The Morgan fingerprint density at radius 1 is 1.32 bits per heavy atom. The molecule has 1 fully saturated rings. The van der Waals surface area contributed by atoms with E-state index in [-0.39, 0.29) is 17.4 Å². The number of hydrogen-bond donors (Lipinski definition) is 2. The van der Waals surface area contributed by atoms with Gasteiger partial charge >= 0.3 is 0 Å². The summed E-state index contributed by atoms with van der Waals surface area (Å²) in [7, 11) is 0. The summed E-state index contributed by atoms with van der Waals surface area (Å²) in [5.41, 5.74) is -0.116. The number of carbonyl (C=O) groups is 2. The third kappa shape index (κ3) is 5.16. The van der Waals surface area contributed by atoms with Crippen molar-refractivity contribution in [1.29, 1.82) is 0 Å². The number of ether oxygens (including phenoxy) is 1. The van der Waals surface area contributed by atoms with Crippen molar-refractivity contribution in [1.82, 2.24) is 15.5 Å². The Balaban J connectivity index is 2.41. The van der Waals surface area contributed by atoms with E-state index in [1.165, 1.54) is 6.92 Å². The number of carbonyl (C=O) groups excluding carboxylic acids is 2. The van der Waals surface area contributed by atoms with E-state index < -0.39 is 6.04 Å². The zero-order chi connectivity index (χ0) is 14.5. The zero-order valence-corrected chi connectivity index (χ0v) is 12.3. The average Bonchev–Trinajstić information content (AvgIpc) is 2.36. The Morgan fingerprint density at radius 3 is 2.42 bits per heavy atom. The fraction of sp³-hybridized carbons (Fsp3) is 0.846. The molecular formula is C13H25N3O3. The van der Waals surface area contributed by atoms with Crippen molar-refractivity contribution >= 4 is 11.8 Å². The average molecular weight is 271 g/mol. The highest BCUT2D eigenvalue weighted by atomic mass is 16.5. The maximum Gasteiger partial charge on any atom is 0.242 e. The molecule has 0 radical (unpaired) electrons.